The van der Waals surface area contributed by atoms with Crippen molar-refractivity contribution in [3.63, 3.8) is 0 Å². The maximum atomic E-state index is 12.0. The molecule has 0 bridgehead atoms. The highest BCUT2D eigenvalue weighted by Gasteiger charge is 2.11. The lowest BCUT2D eigenvalue weighted by Crippen LogP contribution is -2.21. The monoisotopic (exact) mass is 367 g/mol. The van der Waals surface area contributed by atoms with Gasteiger partial charge in [-0.05, 0) is 42.8 Å². The van der Waals surface area contributed by atoms with Gasteiger partial charge in [-0.3, -0.25) is 4.79 Å². The van der Waals surface area contributed by atoms with E-state index in [0.717, 1.165) is 5.56 Å². The number of aryl methyl sites for hydroxylation is 1. The first-order valence-corrected chi connectivity index (χ1v) is 7.73. The molecule has 0 radical (unpaired) electrons. The zero-order valence-corrected chi connectivity index (χ0v) is 14.6. The van der Waals surface area contributed by atoms with E-state index >= 15 is 0 Å². The Morgan fingerprint density at radius 2 is 1.88 bits per heavy atom. The molecule has 0 saturated heterocycles. The molecule has 0 aliphatic carbocycles. The number of methoxy groups -OCH3 is 1. The normalized spacial score (nSPS) is 10.2. The summed E-state index contributed by atoms with van der Waals surface area (Å²) in [6, 6.07) is 9.59. The quantitative estimate of drug-likeness (QED) is 0.807. The number of halogens is 2. The fourth-order valence-electron chi connectivity index (χ4n) is 1.97. The SMILES string of the molecule is COC(=O)c1ccc(NC(=O)COc2cc(Cl)ccc2Cl)c(C)c1. The van der Waals surface area contributed by atoms with Crippen LogP contribution in [-0.4, -0.2) is 25.6 Å². The molecule has 1 amide bonds. The van der Waals surface area contributed by atoms with Crippen LogP contribution in [0.3, 0.4) is 0 Å². The Morgan fingerprint density at radius 1 is 1.12 bits per heavy atom. The van der Waals surface area contributed by atoms with E-state index in [1.165, 1.54) is 13.2 Å². The van der Waals surface area contributed by atoms with Crippen molar-refractivity contribution < 1.29 is 19.1 Å². The van der Waals surface area contributed by atoms with Crippen molar-refractivity contribution in [3.8, 4) is 5.75 Å². The fraction of sp³-hybridized carbons (Fsp3) is 0.176. The molecule has 2 aromatic carbocycles. The Hall–Kier alpha value is -2.24. The van der Waals surface area contributed by atoms with Gasteiger partial charge >= 0.3 is 5.97 Å². The smallest absolute Gasteiger partial charge is 0.337 e. The van der Waals surface area contributed by atoms with Gasteiger partial charge in [0.1, 0.15) is 5.75 Å². The lowest BCUT2D eigenvalue weighted by atomic mass is 10.1. The van der Waals surface area contributed by atoms with Gasteiger partial charge in [0.25, 0.3) is 5.91 Å². The fourth-order valence-corrected chi connectivity index (χ4v) is 2.30. The maximum absolute atomic E-state index is 12.0. The minimum atomic E-state index is -0.435. The van der Waals surface area contributed by atoms with Gasteiger partial charge in [0.05, 0.1) is 17.7 Å². The highest BCUT2D eigenvalue weighted by molar-refractivity contribution is 6.34. The van der Waals surface area contributed by atoms with Crippen LogP contribution in [0.4, 0.5) is 5.69 Å². The Bertz CT molecular complexity index is 777. The number of amides is 1. The highest BCUT2D eigenvalue weighted by atomic mass is 35.5. The number of carbonyl (C=O) groups excluding carboxylic acids is 2. The maximum Gasteiger partial charge on any atom is 0.337 e. The molecule has 1 N–H and O–H groups in total. The third-order valence-electron chi connectivity index (χ3n) is 3.17. The third kappa shape index (κ3) is 4.63. The molecule has 7 heteroatoms. The van der Waals surface area contributed by atoms with E-state index < -0.39 is 5.97 Å². The zero-order chi connectivity index (χ0) is 17.7. The number of anilines is 1. The molecule has 126 valence electrons. The lowest BCUT2D eigenvalue weighted by Gasteiger charge is -2.11. The molecule has 2 rings (SSSR count). The molecule has 0 heterocycles. The van der Waals surface area contributed by atoms with E-state index in [4.69, 9.17) is 27.9 Å². The Kier molecular flexibility index (Phi) is 6.06. The van der Waals surface area contributed by atoms with Crippen LogP contribution in [0.5, 0.6) is 5.75 Å². The van der Waals surface area contributed by atoms with Crippen molar-refractivity contribution >= 4 is 40.8 Å². The van der Waals surface area contributed by atoms with E-state index in [0.29, 0.717) is 27.0 Å². The van der Waals surface area contributed by atoms with Gasteiger partial charge in [0.2, 0.25) is 0 Å². The second-order valence-electron chi connectivity index (χ2n) is 4.93. The Labute approximate surface area is 149 Å². The summed E-state index contributed by atoms with van der Waals surface area (Å²) in [4.78, 5) is 23.5. The molecule has 24 heavy (non-hydrogen) atoms. The largest absolute Gasteiger partial charge is 0.482 e. The van der Waals surface area contributed by atoms with Gasteiger partial charge < -0.3 is 14.8 Å². The number of esters is 1. The second-order valence-corrected chi connectivity index (χ2v) is 5.78. The van der Waals surface area contributed by atoms with Gasteiger partial charge in [0.15, 0.2) is 6.61 Å². The van der Waals surface area contributed by atoms with Gasteiger partial charge in [-0.2, -0.15) is 0 Å². The summed E-state index contributed by atoms with van der Waals surface area (Å²) in [6.45, 7) is 1.55. The first-order chi connectivity index (χ1) is 11.4. The van der Waals surface area contributed by atoms with Crippen LogP contribution in [0.15, 0.2) is 36.4 Å². The molecular formula is C17H15Cl2NO4. The van der Waals surface area contributed by atoms with E-state index in [1.807, 2.05) is 0 Å². The van der Waals surface area contributed by atoms with E-state index in [2.05, 4.69) is 10.1 Å². The van der Waals surface area contributed by atoms with Crippen molar-refractivity contribution in [2.24, 2.45) is 0 Å². The van der Waals surface area contributed by atoms with Crippen LogP contribution in [0, 0.1) is 6.92 Å². The Morgan fingerprint density at radius 3 is 2.54 bits per heavy atom. The van der Waals surface area contributed by atoms with Crippen molar-refractivity contribution in [3.05, 3.63) is 57.6 Å². The molecule has 0 atom stereocenters. The number of rotatable bonds is 5. The second kappa shape index (κ2) is 8.04. The minimum Gasteiger partial charge on any atom is -0.482 e. The molecule has 5 nitrogen and oxygen atoms in total. The standard InChI is InChI=1S/C17H15Cl2NO4/c1-10-7-11(17(22)23-2)3-6-14(10)20-16(21)9-24-15-8-12(18)4-5-13(15)19/h3-8H,9H2,1-2H3,(H,20,21). The summed E-state index contributed by atoms with van der Waals surface area (Å²) in [5, 5.41) is 3.54. The van der Waals surface area contributed by atoms with Crippen molar-refractivity contribution in [1.82, 2.24) is 0 Å². The number of benzene rings is 2. The van der Waals surface area contributed by atoms with Gasteiger partial charge in [-0.25, -0.2) is 4.79 Å². The highest BCUT2D eigenvalue weighted by Crippen LogP contribution is 2.27. The van der Waals surface area contributed by atoms with E-state index in [1.54, 1.807) is 37.3 Å². The topological polar surface area (TPSA) is 64.6 Å². The van der Waals surface area contributed by atoms with Crippen LogP contribution >= 0.6 is 23.2 Å². The predicted octanol–water partition coefficient (Wildman–Crippen LogP) is 4.11. The van der Waals surface area contributed by atoms with E-state index in [9.17, 15) is 9.59 Å². The predicted molar refractivity (Wildman–Crippen MR) is 93.1 cm³/mol. The van der Waals surface area contributed by atoms with Gasteiger partial charge in [0, 0.05) is 16.8 Å². The average molecular weight is 368 g/mol. The number of ether oxygens (including phenoxy) is 2. The van der Waals surface area contributed by atoms with Gasteiger partial charge in [-0.15, -0.1) is 0 Å². The molecule has 0 saturated carbocycles. The van der Waals surface area contributed by atoms with E-state index in [-0.39, 0.29) is 12.5 Å². The van der Waals surface area contributed by atoms with Crippen molar-refractivity contribution in [2.75, 3.05) is 19.0 Å². The summed E-state index contributed by atoms with van der Waals surface area (Å²) in [7, 11) is 1.31. The third-order valence-corrected chi connectivity index (χ3v) is 3.72. The first kappa shape index (κ1) is 18.1. The van der Waals surface area contributed by atoms with Crippen molar-refractivity contribution in [2.45, 2.75) is 6.92 Å². The van der Waals surface area contributed by atoms with Crippen LogP contribution in [0.1, 0.15) is 15.9 Å². The summed E-state index contributed by atoms with van der Waals surface area (Å²) in [6.07, 6.45) is 0. The molecule has 2 aromatic rings. The molecule has 0 aliphatic rings. The molecule has 0 unspecified atom stereocenters. The zero-order valence-electron chi connectivity index (χ0n) is 13.1. The summed E-state index contributed by atoms with van der Waals surface area (Å²) >= 11 is 11.8. The molecule has 0 aliphatic heterocycles. The number of carbonyl (C=O) groups is 2. The van der Waals surface area contributed by atoms with Gasteiger partial charge in [-0.1, -0.05) is 23.2 Å². The minimum absolute atomic E-state index is 0.224. The molecular weight excluding hydrogens is 353 g/mol. The number of nitrogens with one attached hydrogen (secondary N) is 1. The van der Waals surface area contributed by atoms with Crippen LogP contribution in [0.25, 0.3) is 0 Å². The lowest BCUT2D eigenvalue weighted by molar-refractivity contribution is -0.118. The molecule has 0 spiro atoms. The van der Waals surface area contributed by atoms with Crippen LogP contribution in [-0.2, 0) is 9.53 Å². The Balaban J connectivity index is 1.99. The van der Waals surface area contributed by atoms with Crippen molar-refractivity contribution in [1.29, 1.82) is 0 Å². The number of hydrogen-bond donors (Lipinski definition) is 1. The summed E-state index contributed by atoms with van der Waals surface area (Å²) < 4.78 is 10.0. The first-order valence-electron chi connectivity index (χ1n) is 6.97. The van der Waals surface area contributed by atoms with Crippen LogP contribution < -0.4 is 10.1 Å². The summed E-state index contributed by atoms with van der Waals surface area (Å²) in [5.41, 5.74) is 1.72. The molecule has 0 aromatic heterocycles. The average Bonchev–Trinajstić information content (AvgIpc) is 2.56. The summed E-state index contributed by atoms with van der Waals surface area (Å²) in [5.74, 6) is -0.466. The van der Waals surface area contributed by atoms with Crippen LogP contribution in [0.2, 0.25) is 10.0 Å². The molecule has 0 fully saturated rings. The number of hydrogen-bond acceptors (Lipinski definition) is 4.